The number of carboxylic acid groups (broad SMARTS) is 1. The van der Waals surface area contributed by atoms with Crippen LogP contribution in [-0.4, -0.2) is 28.1 Å². The maximum Gasteiger partial charge on any atom is 0.350 e. The van der Waals surface area contributed by atoms with Gasteiger partial charge >= 0.3 is 5.97 Å². The average Bonchev–Trinajstić information content (AvgIpc) is 2.94. The molecule has 0 radical (unpaired) electrons. The highest BCUT2D eigenvalue weighted by atomic mass is 19.1. The Morgan fingerprint density at radius 3 is 2.22 bits per heavy atom. The normalized spacial score (nSPS) is 20.8. The Labute approximate surface area is 239 Å². The molecule has 1 aliphatic rings. The molecule has 6 heteroatoms. The lowest BCUT2D eigenvalue weighted by atomic mass is 9.63. The van der Waals surface area contributed by atoms with E-state index >= 15 is 4.39 Å². The minimum Gasteiger partial charge on any atom is -0.477 e. The zero-order chi connectivity index (χ0) is 29.9. The van der Waals surface area contributed by atoms with Crippen molar-refractivity contribution in [1.29, 1.82) is 0 Å². The number of aliphatic imine (C=N–C) groups is 1. The van der Waals surface area contributed by atoms with Crippen LogP contribution in [0.15, 0.2) is 114 Å². The van der Waals surface area contributed by atoms with Gasteiger partial charge in [0.15, 0.2) is 5.78 Å². The molecule has 0 amide bonds. The first-order valence-electron chi connectivity index (χ1n) is 13.4. The van der Waals surface area contributed by atoms with Gasteiger partial charge in [0.1, 0.15) is 22.9 Å². The fourth-order valence-corrected chi connectivity index (χ4v) is 5.32. The Morgan fingerprint density at radius 2 is 1.66 bits per heavy atom. The molecule has 0 saturated heterocycles. The zero-order valence-electron chi connectivity index (χ0n) is 23.6. The van der Waals surface area contributed by atoms with Crippen molar-refractivity contribution >= 4 is 17.5 Å². The first kappa shape index (κ1) is 29.5. The third-order valence-corrected chi connectivity index (χ3v) is 7.76. The summed E-state index contributed by atoms with van der Waals surface area (Å²) in [5.41, 5.74) is 0.139. The standard InChI is InChI=1S/C35H33F2NO3/c1-6-10-31(33(40)41)38-34(5)23(4)20-35(28-18-17-27(36)19-30(28)37,26-15-13-24(14-16-26)22(2)3)21-29(34)32(39)25-11-8-7-9-12-25/h6-9,11-22H,1,10H2,2-5H3,(H,40,41). The first-order valence-corrected chi connectivity index (χ1v) is 13.4. The first-order chi connectivity index (χ1) is 19.4. The van der Waals surface area contributed by atoms with Gasteiger partial charge in [-0.15, -0.1) is 6.58 Å². The number of carbonyl (C=O) groups excluding carboxylic acids is 1. The molecule has 3 aromatic rings. The quantitative estimate of drug-likeness (QED) is 0.166. The number of carbonyl (C=O) groups is 2. The molecular formula is C35H33F2NO3. The Bertz CT molecular complexity index is 1590. The van der Waals surface area contributed by atoms with Gasteiger partial charge in [-0.3, -0.25) is 9.79 Å². The van der Waals surface area contributed by atoms with Gasteiger partial charge in [0.2, 0.25) is 0 Å². The van der Waals surface area contributed by atoms with Crippen molar-refractivity contribution in [3.8, 4) is 0 Å². The molecule has 0 aliphatic heterocycles. The molecule has 2 unspecified atom stereocenters. The predicted octanol–water partition coefficient (Wildman–Crippen LogP) is 8.00. The summed E-state index contributed by atoms with van der Waals surface area (Å²) in [5.74, 6) is -2.83. The smallest absolute Gasteiger partial charge is 0.350 e. The number of ketones is 1. The van der Waals surface area contributed by atoms with E-state index in [2.05, 4.69) is 25.4 Å². The van der Waals surface area contributed by atoms with Crippen molar-refractivity contribution in [3.05, 3.63) is 143 Å². The summed E-state index contributed by atoms with van der Waals surface area (Å²) in [6.45, 7) is 11.2. The predicted molar refractivity (Wildman–Crippen MR) is 159 cm³/mol. The molecule has 0 heterocycles. The molecule has 0 fully saturated rings. The SMILES string of the molecule is C=CCC(=NC1(C)C(C)=CC(c2ccc(C(C)C)cc2)(c2ccc(F)cc2F)C=C1C(=O)c1ccccc1)C(=O)O. The van der Waals surface area contributed by atoms with Crippen LogP contribution >= 0.6 is 0 Å². The lowest BCUT2D eigenvalue weighted by Crippen LogP contribution is -2.41. The van der Waals surface area contributed by atoms with Crippen LogP contribution in [0, 0.1) is 11.6 Å². The lowest BCUT2D eigenvalue weighted by molar-refractivity contribution is -0.129. The van der Waals surface area contributed by atoms with Gasteiger partial charge in [0, 0.05) is 29.2 Å². The van der Waals surface area contributed by atoms with E-state index in [0.29, 0.717) is 16.7 Å². The number of benzene rings is 3. The summed E-state index contributed by atoms with van der Waals surface area (Å²) in [6.07, 6.45) is 4.88. The van der Waals surface area contributed by atoms with Crippen molar-refractivity contribution in [2.75, 3.05) is 0 Å². The summed E-state index contributed by atoms with van der Waals surface area (Å²) in [4.78, 5) is 30.9. The number of aliphatic carboxylic acids is 1. The van der Waals surface area contributed by atoms with Gasteiger partial charge in [-0.25, -0.2) is 13.6 Å². The van der Waals surface area contributed by atoms with E-state index < -0.39 is 28.6 Å². The number of halogens is 2. The molecule has 1 aliphatic carbocycles. The number of Topliss-reactive ketones (excluding diaryl/α,β-unsaturated/α-hetero) is 1. The molecule has 0 bridgehead atoms. The van der Waals surface area contributed by atoms with E-state index in [9.17, 15) is 19.1 Å². The van der Waals surface area contributed by atoms with Crippen LogP contribution in [0.5, 0.6) is 0 Å². The molecule has 4 nitrogen and oxygen atoms in total. The second-order valence-corrected chi connectivity index (χ2v) is 10.8. The Hall–Kier alpha value is -4.45. The molecule has 3 aromatic carbocycles. The molecule has 210 valence electrons. The Morgan fingerprint density at radius 1 is 1.00 bits per heavy atom. The monoisotopic (exact) mass is 553 g/mol. The van der Waals surface area contributed by atoms with Crippen LogP contribution in [0.4, 0.5) is 8.78 Å². The van der Waals surface area contributed by atoms with E-state index in [0.717, 1.165) is 11.6 Å². The van der Waals surface area contributed by atoms with Gasteiger partial charge in [-0.05, 0) is 42.5 Å². The minimum atomic E-state index is -1.39. The molecule has 2 atom stereocenters. The number of hydrogen-bond donors (Lipinski definition) is 1. The van der Waals surface area contributed by atoms with Crippen LogP contribution < -0.4 is 0 Å². The van der Waals surface area contributed by atoms with Gasteiger partial charge in [-0.2, -0.15) is 0 Å². The second-order valence-electron chi connectivity index (χ2n) is 10.8. The third-order valence-electron chi connectivity index (χ3n) is 7.76. The summed E-state index contributed by atoms with van der Waals surface area (Å²) in [6, 6.07) is 19.7. The number of nitrogens with zero attached hydrogens (tertiary/aromatic N) is 1. The van der Waals surface area contributed by atoms with Crippen molar-refractivity contribution in [2.45, 2.75) is 51.0 Å². The van der Waals surface area contributed by atoms with E-state index in [1.54, 1.807) is 56.3 Å². The van der Waals surface area contributed by atoms with Crippen molar-refractivity contribution in [3.63, 3.8) is 0 Å². The highest BCUT2D eigenvalue weighted by Gasteiger charge is 2.46. The van der Waals surface area contributed by atoms with Crippen molar-refractivity contribution in [1.82, 2.24) is 0 Å². The van der Waals surface area contributed by atoms with Crippen LogP contribution in [0.1, 0.15) is 67.1 Å². The van der Waals surface area contributed by atoms with E-state index in [4.69, 9.17) is 0 Å². The van der Waals surface area contributed by atoms with E-state index in [-0.39, 0.29) is 35.0 Å². The zero-order valence-corrected chi connectivity index (χ0v) is 23.6. The second kappa shape index (κ2) is 11.6. The molecule has 0 aromatic heterocycles. The molecule has 41 heavy (non-hydrogen) atoms. The van der Waals surface area contributed by atoms with Crippen LogP contribution in [0.2, 0.25) is 0 Å². The highest BCUT2D eigenvalue weighted by molar-refractivity contribution is 6.36. The number of rotatable bonds is 9. The molecular weight excluding hydrogens is 520 g/mol. The lowest BCUT2D eigenvalue weighted by Gasteiger charge is -2.41. The van der Waals surface area contributed by atoms with E-state index in [1.165, 1.54) is 18.2 Å². The van der Waals surface area contributed by atoms with Crippen LogP contribution in [-0.2, 0) is 10.2 Å². The number of allylic oxidation sites excluding steroid dienone is 3. The number of hydrogen-bond acceptors (Lipinski definition) is 3. The van der Waals surface area contributed by atoms with Gasteiger partial charge in [0.25, 0.3) is 0 Å². The third kappa shape index (κ3) is 5.60. The maximum atomic E-state index is 15.7. The summed E-state index contributed by atoms with van der Waals surface area (Å²) in [5, 5.41) is 9.88. The van der Waals surface area contributed by atoms with E-state index in [1.807, 2.05) is 24.3 Å². The van der Waals surface area contributed by atoms with Gasteiger partial charge in [0.05, 0.1) is 5.41 Å². The highest BCUT2D eigenvalue weighted by Crippen LogP contribution is 2.48. The van der Waals surface area contributed by atoms with Crippen molar-refractivity contribution in [2.24, 2.45) is 4.99 Å². The minimum absolute atomic E-state index is 0.0145. The summed E-state index contributed by atoms with van der Waals surface area (Å²) >= 11 is 0. The van der Waals surface area contributed by atoms with Crippen LogP contribution in [0.25, 0.3) is 0 Å². The maximum absolute atomic E-state index is 15.7. The summed E-state index contributed by atoms with van der Waals surface area (Å²) < 4.78 is 29.8. The fraction of sp³-hybridized carbons (Fsp3) is 0.229. The molecule has 1 N–H and O–H groups in total. The van der Waals surface area contributed by atoms with Crippen molar-refractivity contribution < 1.29 is 23.5 Å². The molecule has 4 rings (SSSR count). The van der Waals surface area contributed by atoms with Crippen LogP contribution in [0.3, 0.4) is 0 Å². The fourth-order valence-electron chi connectivity index (χ4n) is 5.32. The molecule has 0 spiro atoms. The largest absolute Gasteiger partial charge is 0.477 e. The Kier molecular flexibility index (Phi) is 8.34. The van der Waals surface area contributed by atoms with Gasteiger partial charge in [-0.1, -0.05) is 92.7 Å². The summed E-state index contributed by atoms with van der Waals surface area (Å²) in [7, 11) is 0. The topological polar surface area (TPSA) is 66.7 Å². The van der Waals surface area contributed by atoms with Gasteiger partial charge < -0.3 is 5.11 Å². The Balaban J connectivity index is 2.10. The number of carboxylic acids is 1. The molecule has 0 saturated carbocycles. The average molecular weight is 554 g/mol.